The molecule has 1 aromatic heterocycles. The number of anilines is 1. The standard InChI is InChI=1S/C17H19BrN4O2/c1-3-22(4-2)15-6-5-12(16(23)8-15)10-20-21-17(24)13-7-14(18)11-19-9-13/h5-11,23H,3-4H2,1-2H3,(H,21,24). The number of pyridine rings is 1. The van der Waals surface area contributed by atoms with Crippen LogP contribution in [0.25, 0.3) is 0 Å². The number of hydrogen-bond acceptors (Lipinski definition) is 5. The van der Waals surface area contributed by atoms with Gasteiger partial charge in [-0.3, -0.25) is 9.78 Å². The van der Waals surface area contributed by atoms with Gasteiger partial charge in [-0.15, -0.1) is 0 Å². The number of amides is 1. The van der Waals surface area contributed by atoms with E-state index in [0.717, 1.165) is 18.8 Å². The monoisotopic (exact) mass is 390 g/mol. The Labute approximate surface area is 149 Å². The second-order valence-corrected chi connectivity index (χ2v) is 5.92. The predicted octanol–water partition coefficient (Wildman–Crippen LogP) is 3.16. The number of rotatable bonds is 6. The summed E-state index contributed by atoms with van der Waals surface area (Å²) in [6.45, 7) is 5.84. The number of phenols is 1. The van der Waals surface area contributed by atoms with E-state index in [1.807, 2.05) is 6.07 Å². The first-order valence-electron chi connectivity index (χ1n) is 7.57. The van der Waals surface area contributed by atoms with Crippen LogP contribution in [0.3, 0.4) is 0 Å². The highest BCUT2D eigenvalue weighted by Gasteiger charge is 2.07. The molecule has 0 saturated heterocycles. The first-order chi connectivity index (χ1) is 11.5. The van der Waals surface area contributed by atoms with Crippen LogP contribution in [0.4, 0.5) is 5.69 Å². The van der Waals surface area contributed by atoms with Gasteiger partial charge in [0.05, 0.1) is 11.8 Å². The van der Waals surface area contributed by atoms with E-state index in [0.29, 0.717) is 15.6 Å². The van der Waals surface area contributed by atoms with Crippen LogP contribution in [0.2, 0.25) is 0 Å². The molecule has 0 aliphatic carbocycles. The van der Waals surface area contributed by atoms with Gasteiger partial charge in [-0.2, -0.15) is 5.10 Å². The van der Waals surface area contributed by atoms with Crippen molar-refractivity contribution < 1.29 is 9.90 Å². The Morgan fingerprint density at radius 2 is 2.08 bits per heavy atom. The molecule has 0 fully saturated rings. The van der Waals surface area contributed by atoms with Crippen molar-refractivity contribution in [2.75, 3.05) is 18.0 Å². The van der Waals surface area contributed by atoms with Crippen LogP contribution in [0.15, 0.2) is 46.2 Å². The lowest BCUT2D eigenvalue weighted by Gasteiger charge is -2.21. The maximum absolute atomic E-state index is 11.9. The van der Waals surface area contributed by atoms with Crippen molar-refractivity contribution in [1.82, 2.24) is 10.4 Å². The third kappa shape index (κ3) is 4.55. The Hall–Kier alpha value is -2.41. The highest BCUT2D eigenvalue weighted by Crippen LogP contribution is 2.23. The minimum atomic E-state index is -0.376. The van der Waals surface area contributed by atoms with Gasteiger partial charge >= 0.3 is 0 Å². The van der Waals surface area contributed by atoms with Crippen molar-refractivity contribution in [3.63, 3.8) is 0 Å². The van der Waals surface area contributed by atoms with Gasteiger partial charge in [0.1, 0.15) is 5.75 Å². The van der Waals surface area contributed by atoms with Gasteiger partial charge in [0, 0.05) is 47.3 Å². The Morgan fingerprint density at radius 1 is 1.33 bits per heavy atom. The second-order valence-electron chi connectivity index (χ2n) is 5.01. The molecule has 0 atom stereocenters. The third-order valence-electron chi connectivity index (χ3n) is 3.48. The van der Waals surface area contributed by atoms with E-state index in [1.165, 1.54) is 12.4 Å². The van der Waals surface area contributed by atoms with Gasteiger partial charge in [-0.25, -0.2) is 5.43 Å². The first kappa shape index (κ1) is 17.9. The first-order valence-corrected chi connectivity index (χ1v) is 8.36. The highest BCUT2D eigenvalue weighted by molar-refractivity contribution is 9.10. The molecule has 2 N–H and O–H groups in total. The molecule has 1 amide bonds. The van der Waals surface area contributed by atoms with Crippen LogP contribution in [-0.2, 0) is 0 Å². The van der Waals surface area contributed by atoms with E-state index in [-0.39, 0.29) is 11.7 Å². The molecule has 2 rings (SSSR count). The van der Waals surface area contributed by atoms with Crippen LogP contribution in [0, 0.1) is 0 Å². The van der Waals surface area contributed by atoms with Gasteiger partial charge in [-0.05, 0) is 48.0 Å². The van der Waals surface area contributed by atoms with E-state index >= 15 is 0 Å². The van der Waals surface area contributed by atoms with E-state index in [1.54, 1.807) is 24.4 Å². The van der Waals surface area contributed by atoms with Gasteiger partial charge in [-0.1, -0.05) is 0 Å². The maximum atomic E-state index is 11.9. The Bertz CT molecular complexity index is 745. The normalized spacial score (nSPS) is 10.8. The number of halogens is 1. The number of carbonyl (C=O) groups excluding carboxylic acids is 1. The van der Waals surface area contributed by atoms with Crippen molar-refractivity contribution in [2.45, 2.75) is 13.8 Å². The van der Waals surface area contributed by atoms with Crippen LogP contribution in [-0.4, -0.2) is 35.3 Å². The molecular formula is C17H19BrN4O2. The SMILES string of the molecule is CCN(CC)c1ccc(C=NNC(=O)c2cncc(Br)c2)c(O)c1. The number of aromatic hydroxyl groups is 1. The average Bonchev–Trinajstić information content (AvgIpc) is 2.57. The van der Waals surface area contributed by atoms with Crippen LogP contribution in [0.1, 0.15) is 29.8 Å². The van der Waals surface area contributed by atoms with Crippen molar-refractivity contribution in [2.24, 2.45) is 5.10 Å². The number of aromatic nitrogens is 1. The van der Waals surface area contributed by atoms with Crippen molar-refractivity contribution in [3.8, 4) is 5.75 Å². The molecule has 1 heterocycles. The molecule has 0 bridgehead atoms. The molecule has 7 heteroatoms. The van der Waals surface area contributed by atoms with Gasteiger partial charge < -0.3 is 10.0 Å². The maximum Gasteiger partial charge on any atom is 0.272 e. The zero-order chi connectivity index (χ0) is 17.5. The van der Waals surface area contributed by atoms with E-state index in [9.17, 15) is 9.90 Å². The molecule has 0 saturated carbocycles. The Morgan fingerprint density at radius 3 is 2.71 bits per heavy atom. The lowest BCUT2D eigenvalue weighted by Crippen LogP contribution is -2.21. The summed E-state index contributed by atoms with van der Waals surface area (Å²) in [6, 6.07) is 7.01. The lowest BCUT2D eigenvalue weighted by molar-refractivity contribution is 0.0954. The zero-order valence-corrected chi connectivity index (χ0v) is 15.1. The minimum Gasteiger partial charge on any atom is -0.507 e. The molecule has 24 heavy (non-hydrogen) atoms. The second kappa shape index (κ2) is 8.44. The van der Waals surface area contributed by atoms with Crippen LogP contribution >= 0.6 is 15.9 Å². The summed E-state index contributed by atoms with van der Waals surface area (Å²) >= 11 is 3.26. The average molecular weight is 391 g/mol. The number of nitrogens with zero attached hydrogens (tertiary/aromatic N) is 3. The van der Waals surface area contributed by atoms with Crippen molar-refractivity contribution >= 4 is 33.7 Å². The summed E-state index contributed by atoms with van der Waals surface area (Å²) in [7, 11) is 0. The van der Waals surface area contributed by atoms with E-state index in [2.05, 4.69) is 50.2 Å². The number of hydrogen-bond donors (Lipinski definition) is 2. The summed E-state index contributed by atoms with van der Waals surface area (Å²) in [5.41, 5.74) is 4.27. The molecule has 0 spiro atoms. The number of benzene rings is 1. The summed E-state index contributed by atoms with van der Waals surface area (Å²) in [5, 5.41) is 14.0. The molecule has 0 radical (unpaired) electrons. The molecule has 0 aliphatic rings. The largest absolute Gasteiger partial charge is 0.507 e. The fourth-order valence-corrected chi connectivity index (χ4v) is 2.55. The van der Waals surface area contributed by atoms with Crippen molar-refractivity contribution in [1.29, 1.82) is 0 Å². The lowest BCUT2D eigenvalue weighted by atomic mass is 10.2. The summed E-state index contributed by atoms with van der Waals surface area (Å²) in [5.74, 6) is -0.263. The number of carbonyl (C=O) groups is 1. The molecule has 2 aromatic rings. The number of nitrogens with one attached hydrogen (secondary N) is 1. The van der Waals surface area contributed by atoms with Crippen LogP contribution in [0.5, 0.6) is 5.75 Å². The topological polar surface area (TPSA) is 77.8 Å². The molecular weight excluding hydrogens is 372 g/mol. The third-order valence-corrected chi connectivity index (χ3v) is 3.91. The Balaban J connectivity index is 2.05. The zero-order valence-electron chi connectivity index (χ0n) is 13.5. The summed E-state index contributed by atoms with van der Waals surface area (Å²) < 4.78 is 0.712. The summed E-state index contributed by atoms with van der Waals surface area (Å²) in [4.78, 5) is 18.0. The molecule has 6 nitrogen and oxygen atoms in total. The fourth-order valence-electron chi connectivity index (χ4n) is 2.19. The molecule has 0 aliphatic heterocycles. The number of phenolic OH excluding ortho intramolecular Hbond substituents is 1. The Kier molecular flexibility index (Phi) is 6.31. The number of hydrazone groups is 1. The highest BCUT2D eigenvalue weighted by atomic mass is 79.9. The molecule has 1 aromatic carbocycles. The van der Waals surface area contributed by atoms with E-state index < -0.39 is 0 Å². The molecule has 0 unspecified atom stereocenters. The van der Waals surface area contributed by atoms with Gasteiger partial charge in [0.15, 0.2) is 0 Å². The smallest absolute Gasteiger partial charge is 0.272 e. The molecule has 126 valence electrons. The van der Waals surface area contributed by atoms with Gasteiger partial charge in [0.2, 0.25) is 0 Å². The van der Waals surface area contributed by atoms with Crippen LogP contribution < -0.4 is 10.3 Å². The van der Waals surface area contributed by atoms with E-state index in [4.69, 9.17) is 0 Å². The fraction of sp³-hybridized carbons (Fsp3) is 0.235. The summed E-state index contributed by atoms with van der Waals surface area (Å²) in [6.07, 6.45) is 4.45. The quantitative estimate of drug-likeness (QED) is 0.586. The minimum absolute atomic E-state index is 0.113. The predicted molar refractivity (Wildman–Crippen MR) is 98.7 cm³/mol. The van der Waals surface area contributed by atoms with Gasteiger partial charge in [0.25, 0.3) is 5.91 Å². The van der Waals surface area contributed by atoms with Crippen molar-refractivity contribution in [3.05, 3.63) is 52.3 Å².